The van der Waals surface area contributed by atoms with Crippen LogP contribution in [0.15, 0.2) is 30.5 Å². The first-order chi connectivity index (χ1) is 14.7. The molecule has 2 rings (SSSR count). The van der Waals surface area contributed by atoms with Crippen LogP contribution in [0.5, 0.6) is 0 Å². The normalized spacial score (nSPS) is 9.77. The van der Waals surface area contributed by atoms with Crippen LogP contribution in [-0.2, 0) is 4.79 Å². The van der Waals surface area contributed by atoms with Crippen molar-refractivity contribution in [1.82, 2.24) is 15.3 Å². The number of carbonyl (C=O) groups is 1. The Morgan fingerprint density at radius 2 is 2.03 bits per heavy atom. The lowest BCUT2D eigenvalue weighted by Gasteiger charge is -2.10. The predicted octanol–water partition coefficient (Wildman–Crippen LogP) is 2.51. The summed E-state index contributed by atoms with van der Waals surface area (Å²) < 4.78 is 0. The Hall–Kier alpha value is -3.62. The zero-order chi connectivity index (χ0) is 21.6. The third-order valence-electron chi connectivity index (χ3n) is 4.00. The van der Waals surface area contributed by atoms with E-state index in [0.717, 1.165) is 30.6 Å². The van der Waals surface area contributed by atoms with Gasteiger partial charge in [0.05, 0.1) is 23.4 Å². The maximum atomic E-state index is 11.4. The van der Waals surface area contributed by atoms with E-state index in [9.17, 15) is 4.79 Å². The lowest BCUT2D eigenvalue weighted by molar-refractivity contribution is -0.120. The SMILES string of the molecule is CCCNc1nc(Nc2ccc(C#N)cc2)ncc1C#CCCCNC(=O)CCN. The maximum Gasteiger partial charge on any atom is 0.229 e. The van der Waals surface area contributed by atoms with Crippen molar-refractivity contribution in [1.29, 1.82) is 5.26 Å². The molecule has 0 spiro atoms. The van der Waals surface area contributed by atoms with Gasteiger partial charge in [-0.25, -0.2) is 4.98 Å². The molecule has 1 heterocycles. The molecule has 0 radical (unpaired) electrons. The summed E-state index contributed by atoms with van der Waals surface area (Å²) in [5.74, 6) is 7.31. The molecular weight excluding hydrogens is 378 g/mol. The lowest BCUT2D eigenvalue weighted by atomic mass is 10.2. The fraction of sp³-hybridized carbons (Fsp3) is 0.364. The Morgan fingerprint density at radius 1 is 1.23 bits per heavy atom. The van der Waals surface area contributed by atoms with Gasteiger partial charge in [-0.1, -0.05) is 18.8 Å². The van der Waals surface area contributed by atoms with Crippen molar-refractivity contribution in [3.05, 3.63) is 41.6 Å². The number of anilines is 3. The van der Waals surface area contributed by atoms with Crippen LogP contribution in [0.25, 0.3) is 0 Å². The summed E-state index contributed by atoms with van der Waals surface area (Å²) in [5, 5.41) is 18.1. The highest BCUT2D eigenvalue weighted by molar-refractivity contribution is 5.75. The summed E-state index contributed by atoms with van der Waals surface area (Å²) in [4.78, 5) is 20.2. The molecule has 8 heteroatoms. The average Bonchev–Trinajstić information content (AvgIpc) is 2.76. The molecule has 1 aromatic carbocycles. The van der Waals surface area contributed by atoms with Crippen LogP contribution in [0.4, 0.5) is 17.5 Å². The summed E-state index contributed by atoms with van der Waals surface area (Å²) in [6.45, 7) is 3.79. The molecule has 5 N–H and O–H groups in total. The van der Waals surface area contributed by atoms with Crippen molar-refractivity contribution in [2.75, 3.05) is 30.3 Å². The number of carbonyl (C=O) groups excluding carboxylic acids is 1. The molecular formula is C22H27N7O. The molecule has 0 unspecified atom stereocenters. The van der Waals surface area contributed by atoms with Gasteiger partial charge in [0.1, 0.15) is 5.82 Å². The lowest BCUT2D eigenvalue weighted by Crippen LogP contribution is -2.26. The zero-order valence-corrected chi connectivity index (χ0v) is 17.2. The van der Waals surface area contributed by atoms with Crippen LogP contribution in [-0.4, -0.2) is 35.5 Å². The summed E-state index contributed by atoms with van der Waals surface area (Å²) >= 11 is 0. The Kier molecular flexibility index (Phi) is 9.64. The molecule has 2 aromatic rings. The fourth-order valence-electron chi connectivity index (χ4n) is 2.45. The topological polar surface area (TPSA) is 129 Å². The van der Waals surface area contributed by atoms with E-state index in [-0.39, 0.29) is 5.91 Å². The van der Waals surface area contributed by atoms with E-state index < -0.39 is 0 Å². The van der Waals surface area contributed by atoms with Crippen molar-refractivity contribution in [2.24, 2.45) is 5.73 Å². The molecule has 1 aromatic heterocycles. The molecule has 0 saturated heterocycles. The van der Waals surface area contributed by atoms with Gasteiger partial charge >= 0.3 is 0 Å². The van der Waals surface area contributed by atoms with Crippen molar-refractivity contribution in [3.63, 3.8) is 0 Å². The largest absolute Gasteiger partial charge is 0.369 e. The quantitative estimate of drug-likeness (QED) is 0.353. The number of nitrogens with zero attached hydrogens (tertiary/aromatic N) is 3. The molecule has 8 nitrogen and oxygen atoms in total. The Bertz CT molecular complexity index is 923. The van der Waals surface area contributed by atoms with Crippen molar-refractivity contribution < 1.29 is 4.79 Å². The van der Waals surface area contributed by atoms with Gasteiger partial charge in [-0.3, -0.25) is 4.79 Å². The second-order valence-electron chi connectivity index (χ2n) is 6.49. The zero-order valence-electron chi connectivity index (χ0n) is 17.2. The number of hydrogen-bond acceptors (Lipinski definition) is 7. The molecule has 0 aliphatic carbocycles. The van der Waals surface area contributed by atoms with E-state index in [1.54, 1.807) is 30.5 Å². The Morgan fingerprint density at radius 3 is 2.73 bits per heavy atom. The minimum absolute atomic E-state index is 0.0322. The average molecular weight is 406 g/mol. The highest BCUT2D eigenvalue weighted by Gasteiger charge is 2.06. The van der Waals surface area contributed by atoms with Crippen molar-refractivity contribution in [2.45, 2.75) is 32.6 Å². The van der Waals surface area contributed by atoms with Gasteiger partial charge in [-0.05, 0) is 37.1 Å². The van der Waals surface area contributed by atoms with Crippen molar-refractivity contribution in [3.8, 4) is 17.9 Å². The van der Waals surface area contributed by atoms with E-state index in [1.165, 1.54) is 0 Å². The summed E-state index contributed by atoms with van der Waals surface area (Å²) in [6.07, 6.45) is 4.41. The van der Waals surface area contributed by atoms with E-state index in [1.807, 2.05) is 0 Å². The molecule has 30 heavy (non-hydrogen) atoms. The number of aromatic nitrogens is 2. The van der Waals surface area contributed by atoms with Crippen LogP contribution in [0.1, 0.15) is 43.7 Å². The number of hydrogen-bond donors (Lipinski definition) is 4. The molecule has 156 valence electrons. The van der Waals surface area contributed by atoms with Gasteiger partial charge in [0.2, 0.25) is 11.9 Å². The van der Waals surface area contributed by atoms with Gasteiger partial charge < -0.3 is 21.7 Å². The maximum absolute atomic E-state index is 11.4. The molecule has 0 aliphatic heterocycles. The third kappa shape index (κ3) is 7.78. The number of nitriles is 1. The standard InChI is InChI=1S/C22H27N7O/c1-2-13-26-21-18(6-4-3-5-14-25-20(30)11-12-23)16-27-22(29-21)28-19-9-7-17(15-24)8-10-19/h7-10,16H,2-3,5,11-14,23H2,1H3,(H,25,30)(H2,26,27,28,29). The van der Waals surface area contributed by atoms with Crippen LogP contribution in [0, 0.1) is 23.2 Å². The van der Waals surface area contributed by atoms with E-state index in [2.05, 4.69) is 50.8 Å². The van der Waals surface area contributed by atoms with Crippen LogP contribution < -0.4 is 21.7 Å². The fourth-order valence-corrected chi connectivity index (χ4v) is 2.45. The number of rotatable bonds is 10. The number of unbranched alkanes of at least 4 members (excludes halogenated alkanes) is 1. The second-order valence-corrected chi connectivity index (χ2v) is 6.49. The van der Waals surface area contributed by atoms with Gasteiger partial charge in [0.15, 0.2) is 0 Å². The summed E-state index contributed by atoms with van der Waals surface area (Å²) in [6, 6.07) is 9.17. The Balaban J connectivity index is 1.99. The first-order valence-electron chi connectivity index (χ1n) is 10.00. The molecule has 0 saturated carbocycles. The first kappa shape index (κ1) is 22.7. The van der Waals surface area contributed by atoms with E-state index >= 15 is 0 Å². The predicted molar refractivity (Wildman–Crippen MR) is 118 cm³/mol. The first-order valence-corrected chi connectivity index (χ1v) is 10.00. The highest BCUT2D eigenvalue weighted by Crippen LogP contribution is 2.17. The van der Waals surface area contributed by atoms with E-state index in [4.69, 9.17) is 11.0 Å². The number of benzene rings is 1. The van der Waals surface area contributed by atoms with Crippen LogP contribution in [0.3, 0.4) is 0 Å². The number of nitrogens with two attached hydrogens (primary N) is 1. The van der Waals surface area contributed by atoms with Crippen molar-refractivity contribution >= 4 is 23.4 Å². The van der Waals surface area contributed by atoms with Crippen LogP contribution >= 0.6 is 0 Å². The second kappa shape index (κ2) is 12.8. The van der Waals surface area contributed by atoms with Gasteiger partial charge in [-0.2, -0.15) is 10.2 Å². The minimum Gasteiger partial charge on any atom is -0.369 e. The van der Waals surface area contributed by atoms with Gasteiger partial charge in [-0.15, -0.1) is 0 Å². The van der Waals surface area contributed by atoms with Gasteiger partial charge in [0, 0.05) is 38.2 Å². The number of amides is 1. The molecule has 0 atom stereocenters. The van der Waals surface area contributed by atoms with E-state index in [0.29, 0.717) is 43.3 Å². The third-order valence-corrected chi connectivity index (χ3v) is 4.00. The molecule has 1 amide bonds. The minimum atomic E-state index is -0.0322. The van der Waals surface area contributed by atoms with Crippen LogP contribution in [0.2, 0.25) is 0 Å². The molecule has 0 fully saturated rings. The monoisotopic (exact) mass is 405 g/mol. The van der Waals surface area contributed by atoms with Gasteiger partial charge in [0.25, 0.3) is 0 Å². The highest BCUT2D eigenvalue weighted by atomic mass is 16.1. The molecule has 0 aliphatic rings. The smallest absolute Gasteiger partial charge is 0.229 e. The summed E-state index contributed by atoms with van der Waals surface area (Å²) in [7, 11) is 0. The Labute approximate surface area is 177 Å². The summed E-state index contributed by atoms with van der Waals surface area (Å²) in [5.41, 5.74) is 7.46. The molecule has 0 bridgehead atoms. The number of nitrogens with one attached hydrogen (secondary N) is 3.